The molecule has 0 saturated carbocycles. The number of aromatic nitrogens is 3. The van der Waals surface area contributed by atoms with E-state index < -0.39 is 0 Å². The van der Waals surface area contributed by atoms with Gasteiger partial charge in [-0.2, -0.15) is 0 Å². The quantitative estimate of drug-likeness (QED) is 0.452. The van der Waals surface area contributed by atoms with Gasteiger partial charge < -0.3 is 18.5 Å². The molecule has 2 heterocycles. The molecule has 3 rings (SSSR count). The molecule has 0 aliphatic carbocycles. The second kappa shape index (κ2) is 7.87. The van der Waals surface area contributed by atoms with Crippen molar-refractivity contribution in [1.29, 1.82) is 0 Å². The number of ketones is 1. The minimum absolute atomic E-state index is 0.0305. The summed E-state index contributed by atoms with van der Waals surface area (Å²) >= 11 is 1.22. The molecule has 0 atom stereocenters. The summed E-state index contributed by atoms with van der Waals surface area (Å²) in [5.74, 6) is 1.83. The van der Waals surface area contributed by atoms with Crippen LogP contribution >= 0.6 is 11.8 Å². The molecular weight excluding hydrogens is 366 g/mol. The molecule has 0 amide bonds. The first-order valence-corrected chi connectivity index (χ1v) is 9.28. The van der Waals surface area contributed by atoms with Gasteiger partial charge in [0.05, 0.1) is 25.5 Å². The van der Waals surface area contributed by atoms with Crippen molar-refractivity contribution in [1.82, 2.24) is 14.8 Å². The average molecular weight is 387 g/mol. The van der Waals surface area contributed by atoms with Crippen molar-refractivity contribution in [3.63, 3.8) is 0 Å². The highest BCUT2D eigenvalue weighted by Gasteiger charge is 2.18. The lowest BCUT2D eigenvalue weighted by atomic mass is 10.2. The van der Waals surface area contributed by atoms with Gasteiger partial charge in [0.2, 0.25) is 0 Å². The van der Waals surface area contributed by atoms with Gasteiger partial charge in [-0.05, 0) is 32.0 Å². The maximum atomic E-state index is 12.5. The fourth-order valence-electron chi connectivity index (χ4n) is 2.69. The highest BCUT2D eigenvalue weighted by atomic mass is 32.2. The Bertz CT molecular complexity index is 977. The normalized spacial score (nSPS) is 10.9. The van der Waals surface area contributed by atoms with Gasteiger partial charge in [-0.15, -0.1) is 10.2 Å². The number of aryl methyl sites for hydroxylation is 1. The monoisotopic (exact) mass is 387 g/mol. The van der Waals surface area contributed by atoms with Crippen molar-refractivity contribution < 1.29 is 18.7 Å². The summed E-state index contributed by atoms with van der Waals surface area (Å²) in [7, 11) is 5.09. The van der Waals surface area contributed by atoms with Crippen molar-refractivity contribution in [2.45, 2.75) is 19.1 Å². The molecule has 27 heavy (non-hydrogen) atoms. The zero-order valence-electron chi connectivity index (χ0n) is 15.9. The number of carbonyl (C=O) groups excluding carboxylic acids is 1. The number of methoxy groups -OCH3 is 2. The van der Waals surface area contributed by atoms with Gasteiger partial charge in [0.1, 0.15) is 11.5 Å². The highest BCUT2D eigenvalue weighted by Crippen LogP contribution is 2.33. The van der Waals surface area contributed by atoms with E-state index in [-0.39, 0.29) is 11.5 Å². The number of thioether (sulfide) groups is 1. The van der Waals surface area contributed by atoms with E-state index in [0.717, 1.165) is 17.0 Å². The predicted octanol–water partition coefficient (Wildman–Crippen LogP) is 3.68. The van der Waals surface area contributed by atoms with Gasteiger partial charge in [-0.3, -0.25) is 4.79 Å². The fourth-order valence-corrected chi connectivity index (χ4v) is 3.34. The molecule has 142 valence electrons. The Morgan fingerprint density at radius 3 is 2.59 bits per heavy atom. The van der Waals surface area contributed by atoms with Crippen molar-refractivity contribution in [2.75, 3.05) is 20.0 Å². The maximum Gasteiger partial charge on any atom is 0.277 e. The highest BCUT2D eigenvalue weighted by molar-refractivity contribution is 7.99. The smallest absolute Gasteiger partial charge is 0.277 e. The number of hydrogen-bond acceptors (Lipinski definition) is 7. The molecule has 0 N–H and O–H groups in total. The molecule has 0 spiro atoms. The van der Waals surface area contributed by atoms with Crippen LogP contribution in [0.5, 0.6) is 11.5 Å². The fraction of sp³-hybridized carbons (Fsp3) is 0.316. The molecule has 0 unspecified atom stereocenters. The number of Topliss-reactive ketones (excluding diaryl/α,β-unsaturated/α-hetero) is 1. The molecule has 0 saturated heterocycles. The molecular formula is C19H21N3O4S. The van der Waals surface area contributed by atoms with E-state index in [9.17, 15) is 4.79 Å². The molecule has 0 bridgehead atoms. The van der Waals surface area contributed by atoms with Crippen molar-refractivity contribution in [3.05, 3.63) is 41.2 Å². The molecule has 0 radical (unpaired) electrons. The molecule has 3 aromatic rings. The topological polar surface area (TPSA) is 79.4 Å². The summed E-state index contributed by atoms with van der Waals surface area (Å²) in [6.45, 7) is 3.91. The minimum atomic E-state index is 0.0305. The Balaban J connectivity index is 1.73. The van der Waals surface area contributed by atoms with Crippen LogP contribution in [0.15, 0.2) is 33.9 Å². The van der Waals surface area contributed by atoms with Crippen molar-refractivity contribution in [3.8, 4) is 23.0 Å². The van der Waals surface area contributed by atoms with Crippen LogP contribution < -0.4 is 9.47 Å². The third-order valence-electron chi connectivity index (χ3n) is 4.45. The van der Waals surface area contributed by atoms with E-state index in [0.29, 0.717) is 28.2 Å². The van der Waals surface area contributed by atoms with Crippen LogP contribution in [0.1, 0.15) is 21.7 Å². The van der Waals surface area contributed by atoms with E-state index in [1.807, 2.05) is 31.5 Å². The van der Waals surface area contributed by atoms with E-state index >= 15 is 0 Å². The number of rotatable bonds is 7. The van der Waals surface area contributed by atoms with Crippen LogP contribution in [0.2, 0.25) is 0 Å². The lowest BCUT2D eigenvalue weighted by molar-refractivity contribution is 0.102. The van der Waals surface area contributed by atoms with Gasteiger partial charge in [0.25, 0.3) is 11.1 Å². The third-order valence-corrected chi connectivity index (χ3v) is 5.27. The molecule has 0 fully saturated rings. The number of carbonyl (C=O) groups is 1. The first kappa shape index (κ1) is 19.0. The van der Waals surface area contributed by atoms with Gasteiger partial charge in [0.15, 0.2) is 5.78 Å². The summed E-state index contributed by atoms with van der Waals surface area (Å²) in [6.07, 6.45) is 0. The molecule has 0 aliphatic rings. The lowest BCUT2D eigenvalue weighted by Gasteiger charge is -2.07. The lowest BCUT2D eigenvalue weighted by Crippen LogP contribution is -2.04. The zero-order valence-corrected chi connectivity index (χ0v) is 16.7. The number of ether oxygens (including phenoxy) is 2. The molecule has 0 aliphatic heterocycles. The molecule has 2 aromatic heterocycles. The van der Waals surface area contributed by atoms with Crippen molar-refractivity contribution in [2.24, 2.45) is 7.05 Å². The first-order chi connectivity index (χ1) is 12.9. The summed E-state index contributed by atoms with van der Waals surface area (Å²) in [6, 6.07) is 7.23. The van der Waals surface area contributed by atoms with E-state index in [1.165, 1.54) is 11.8 Å². The SMILES string of the molecule is COc1ccc(-c2nnc(SCC(=O)c3cc(C)n(C)c3C)o2)c(OC)c1. The van der Waals surface area contributed by atoms with Gasteiger partial charge in [0, 0.05) is 30.1 Å². The van der Waals surface area contributed by atoms with Gasteiger partial charge in [-0.25, -0.2) is 0 Å². The van der Waals surface area contributed by atoms with Gasteiger partial charge >= 0.3 is 0 Å². The van der Waals surface area contributed by atoms with E-state index in [1.54, 1.807) is 32.4 Å². The summed E-state index contributed by atoms with van der Waals surface area (Å²) in [5.41, 5.74) is 3.39. The zero-order chi connectivity index (χ0) is 19.6. The second-order valence-corrected chi connectivity index (χ2v) is 6.92. The first-order valence-electron chi connectivity index (χ1n) is 8.29. The Morgan fingerprint density at radius 2 is 1.96 bits per heavy atom. The molecule has 1 aromatic carbocycles. The minimum Gasteiger partial charge on any atom is -0.497 e. The van der Waals surface area contributed by atoms with Crippen LogP contribution in [0.4, 0.5) is 0 Å². The molecule has 7 nitrogen and oxygen atoms in total. The Kier molecular flexibility index (Phi) is 5.55. The Hall–Kier alpha value is -2.74. The summed E-state index contributed by atoms with van der Waals surface area (Å²) in [5, 5.41) is 8.42. The Labute approximate surface area is 161 Å². The number of benzene rings is 1. The van der Waals surface area contributed by atoms with Crippen LogP contribution in [0.25, 0.3) is 11.5 Å². The van der Waals surface area contributed by atoms with Crippen LogP contribution in [-0.4, -0.2) is 40.5 Å². The molecule has 8 heteroatoms. The van der Waals surface area contributed by atoms with Crippen LogP contribution in [-0.2, 0) is 7.05 Å². The second-order valence-electron chi connectivity index (χ2n) is 6.00. The van der Waals surface area contributed by atoms with Crippen molar-refractivity contribution >= 4 is 17.5 Å². The average Bonchev–Trinajstić information content (AvgIpc) is 3.26. The predicted molar refractivity (Wildman–Crippen MR) is 103 cm³/mol. The summed E-state index contributed by atoms with van der Waals surface area (Å²) in [4.78, 5) is 12.5. The number of hydrogen-bond donors (Lipinski definition) is 0. The van der Waals surface area contributed by atoms with E-state index in [4.69, 9.17) is 13.9 Å². The summed E-state index contributed by atoms with van der Waals surface area (Å²) < 4.78 is 18.2. The van der Waals surface area contributed by atoms with Crippen LogP contribution in [0.3, 0.4) is 0 Å². The standard InChI is InChI=1S/C19H21N3O4S/c1-11-8-15(12(2)22(11)3)16(23)10-27-19-21-20-18(26-19)14-7-6-13(24-4)9-17(14)25-5/h6-9H,10H2,1-5H3. The Morgan fingerprint density at radius 1 is 1.19 bits per heavy atom. The maximum absolute atomic E-state index is 12.5. The number of nitrogens with zero attached hydrogens (tertiary/aromatic N) is 3. The van der Waals surface area contributed by atoms with Crippen LogP contribution in [0, 0.1) is 13.8 Å². The van der Waals surface area contributed by atoms with E-state index in [2.05, 4.69) is 10.2 Å². The van der Waals surface area contributed by atoms with Gasteiger partial charge in [-0.1, -0.05) is 11.8 Å². The third kappa shape index (κ3) is 3.85. The largest absolute Gasteiger partial charge is 0.497 e.